The minimum absolute atomic E-state index is 0.0554. The number of hydrogen-bond acceptors (Lipinski definition) is 6. The van der Waals surface area contributed by atoms with Crippen LogP contribution >= 0.6 is 0 Å². The lowest BCUT2D eigenvalue weighted by atomic mass is 10.2. The molecule has 0 aliphatic rings. The third-order valence-electron chi connectivity index (χ3n) is 4.64. The summed E-state index contributed by atoms with van der Waals surface area (Å²) >= 11 is 0. The average Bonchev–Trinajstić information content (AvgIpc) is 2.74. The Balaban J connectivity index is 2.02. The van der Waals surface area contributed by atoms with Crippen LogP contribution in [0.25, 0.3) is 22.4 Å². The number of hydrogen-bond donors (Lipinski definition) is 2. The van der Waals surface area contributed by atoms with E-state index in [0.29, 0.717) is 5.69 Å². The quantitative estimate of drug-likeness (QED) is 0.503. The topological polar surface area (TPSA) is 102 Å². The predicted octanol–water partition coefficient (Wildman–Crippen LogP) is 2.92. The number of anilines is 1. The number of nitrogens with zero attached hydrogens (tertiary/aromatic N) is 4. The van der Waals surface area contributed by atoms with Crippen LogP contribution in [0, 0.1) is 6.92 Å². The zero-order valence-electron chi connectivity index (χ0n) is 16.6. The Morgan fingerprint density at radius 3 is 2.19 bits per heavy atom. The Bertz CT molecular complexity index is 1410. The van der Waals surface area contributed by atoms with Crippen molar-refractivity contribution in [1.82, 2.24) is 19.1 Å². The van der Waals surface area contributed by atoms with E-state index in [0.717, 1.165) is 20.9 Å². The fourth-order valence-electron chi connectivity index (χ4n) is 3.11. The molecule has 0 atom stereocenters. The summed E-state index contributed by atoms with van der Waals surface area (Å²) in [6.07, 6.45) is -3.44. The van der Waals surface area contributed by atoms with Crippen LogP contribution in [0.15, 0.2) is 64.3 Å². The maximum Gasteiger partial charge on any atom is 0.405 e. The van der Waals surface area contributed by atoms with E-state index in [1.807, 2.05) is 12.2 Å². The Morgan fingerprint density at radius 2 is 1.56 bits per heavy atom. The van der Waals surface area contributed by atoms with Crippen molar-refractivity contribution in [1.29, 1.82) is 0 Å². The normalized spacial score (nSPS) is 11.6. The summed E-state index contributed by atoms with van der Waals surface area (Å²) in [5, 5.41) is 11.6. The first kappa shape index (κ1) is 21.1. The summed E-state index contributed by atoms with van der Waals surface area (Å²) in [6.45, 7) is 0.466. The summed E-state index contributed by atoms with van der Waals surface area (Å²) in [5.74, 6) is -0.450. The van der Waals surface area contributed by atoms with Gasteiger partial charge in [-0.1, -0.05) is 17.7 Å². The number of aromatic hydroxyl groups is 1. The molecular weight excluding hydrogens is 427 g/mol. The lowest BCUT2D eigenvalue weighted by molar-refractivity contribution is -0.115. The largest absolute Gasteiger partial charge is 0.508 e. The van der Waals surface area contributed by atoms with E-state index in [2.05, 4.69) is 9.97 Å². The molecule has 0 spiro atoms. The van der Waals surface area contributed by atoms with Gasteiger partial charge in [-0.3, -0.25) is 4.79 Å². The fraction of sp³-hybridized carbons (Fsp3) is 0.143. The van der Waals surface area contributed by atoms with Gasteiger partial charge in [-0.2, -0.15) is 18.2 Å². The van der Waals surface area contributed by atoms with Crippen molar-refractivity contribution < 1.29 is 18.3 Å². The molecule has 164 valence electrons. The molecule has 4 rings (SSSR count). The molecule has 11 heteroatoms. The smallest absolute Gasteiger partial charge is 0.405 e. The number of aryl methyl sites for hydroxylation is 1. The van der Waals surface area contributed by atoms with Crippen LogP contribution in [-0.2, 0) is 0 Å². The number of alkyl halides is 3. The minimum atomic E-state index is -4.51. The summed E-state index contributed by atoms with van der Waals surface area (Å²) in [7, 11) is 0. The first-order valence-corrected chi connectivity index (χ1v) is 9.36. The summed E-state index contributed by atoms with van der Waals surface area (Å²) in [5.41, 5.74) is -0.193. The van der Waals surface area contributed by atoms with E-state index >= 15 is 0 Å². The third kappa shape index (κ3) is 4.04. The van der Waals surface area contributed by atoms with Crippen molar-refractivity contribution in [2.24, 2.45) is 0 Å². The Labute approximate surface area is 178 Å². The maximum absolute atomic E-state index is 13.4. The van der Waals surface area contributed by atoms with E-state index in [9.17, 15) is 27.9 Å². The molecule has 0 fully saturated rings. The molecule has 0 unspecified atom stereocenters. The molecule has 2 aromatic heterocycles. The number of rotatable bonds is 4. The molecule has 0 aliphatic heterocycles. The lowest BCUT2D eigenvalue weighted by Crippen LogP contribution is -2.39. The van der Waals surface area contributed by atoms with E-state index in [1.54, 1.807) is 24.3 Å². The van der Waals surface area contributed by atoms with Crippen molar-refractivity contribution in [3.63, 3.8) is 0 Å². The van der Waals surface area contributed by atoms with Gasteiger partial charge in [-0.25, -0.2) is 18.9 Å². The maximum atomic E-state index is 13.4. The van der Waals surface area contributed by atoms with Crippen LogP contribution in [0.4, 0.5) is 19.1 Å². The second-order valence-electron chi connectivity index (χ2n) is 7.01. The summed E-state index contributed by atoms with van der Waals surface area (Å²) in [6, 6.07) is 12.2. The first-order chi connectivity index (χ1) is 15.1. The van der Waals surface area contributed by atoms with Gasteiger partial charge in [0.25, 0.3) is 5.56 Å². The monoisotopic (exact) mass is 443 g/mol. The molecule has 0 bridgehead atoms. The fourth-order valence-corrected chi connectivity index (χ4v) is 3.11. The Kier molecular flexibility index (Phi) is 5.17. The van der Waals surface area contributed by atoms with Gasteiger partial charge in [0.05, 0.1) is 11.4 Å². The second-order valence-corrected chi connectivity index (χ2v) is 7.01. The van der Waals surface area contributed by atoms with Crippen molar-refractivity contribution in [2.45, 2.75) is 13.1 Å². The molecule has 2 aromatic carbocycles. The SMILES string of the molecule is Cc1ccc(-n2c(=O)c3cnc(NCC(F)(F)F)nc3n(-c3ccc(O)cc3)c2=O)cc1. The number of phenolic OH excluding ortho intramolecular Hbond substituents is 1. The van der Waals surface area contributed by atoms with E-state index in [4.69, 9.17) is 0 Å². The average molecular weight is 443 g/mol. The van der Waals surface area contributed by atoms with Crippen molar-refractivity contribution in [2.75, 3.05) is 11.9 Å². The minimum Gasteiger partial charge on any atom is -0.508 e. The third-order valence-corrected chi connectivity index (χ3v) is 4.64. The predicted molar refractivity (Wildman–Crippen MR) is 112 cm³/mol. The zero-order valence-corrected chi connectivity index (χ0v) is 16.6. The molecule has 32 heavy (non-hydrogen) atoms. The molecule has 0 aliphatic carbocycles. The van der Waals surface area contributed by atoms with Crippen LogP contribution < -0.4 is 16.6 Å². The highest BCUT2D eigenvalue weighted by atomic mass is 19.4. The highest BCUT2D eigenvalue weighted by molar-refractivity contribution is 5.76. The number of benzene rings is 2. The summed E-state index contributed by atoms with van der Waals surface area (Å²) in [4.78, 5) is 34.4. The zero-order chi connectivity index (χ0) is 23.0. The highest BCUT2D eigenvalue weighted by Gasteiger charge is 2.27. The van der Waals surface area contributed by atoms with Crippen LogP contribution in [-0.4, -0.2) is 36.9 Å². The number of halogens is 3. The van der Waals surface area contributed by atoms with E-state index in [1.165, 1.54) is 24.3 Å². The van der Waals surface area contributed by atoms with Crippen molar-refractivity contribution >= 4 is 17.0 Å². The van der Waals surface area contributed by atoms with E-state index in [-0.39, 0.29) is 22.5 Å². The summed E-state index contributed by atoms with van der Waals surface area (Å²) < 4.78 is 39.8. The van der Waals surface area contributed by atoms with Crippen LogP contribution in [0.1, 0.15) is 5.56 Å². The Morgan fingerprint density at radius 1 is 0.969 bits per heavy atom. The van der Waals surface area contributed by atoms with Gasteiger partial charge in [0.2, 0.25) is 5.95 Å². The molecular formula is C21H16F3N5O3. The first-order valence-electron chi connectivity index (χ1n) is 9.36. The van der Waals surface area contributed by atoms with Crippen LogP contribution in [0.3, 0.4) is 0 Å². The molecule has 2 N–H and O–H groups in total. The second kappa shape index (κ2) is 7.84. The van der Waals surface area contributed by atoms with Gasteiger partial charge in [0.1, 0.15) is 17.7 Å². The van der Waals surface area contributed by atoms with Gasteiger partial charge < -0.3 is 10.4 Å². The number of fused-ring (bicyclic) bond motifs is 1. The van der Waals surface area contributed by atoms with Gasteiger partial charge >= 0.3 is 11.9 Å². The van der Waals surface area contributed by atoms with Crippen molar-refractivity contribution in [3.8, 4) is 17.1 Å². The van der Waals surface area contributed by atoms with Gasteiger partial charge in [0, 0.05) is 6.20 Å². The molecule has 0 amide bonds. The molecule has 4 aromatic rings. The molecule has 0 saturated heterocycles. The Hall–Kier alpha value is -4.15. The molecule has 8 nitrogen and oxygen atoms in total. The highest BCUT2D eigenvalue weighted by Crippen LogP contribution is 2.19. The standard InChI is InChI=1S/C21H16F3N5O3/c1-12-2-4-14(5-3-12)29-18(31)16-10-25-19(26-11-21(22,23)24)27-17(16)28(20(29)32)13-6-8-15(30)9-7-13/h2-10,30H,11H2,1H3,(H,25,26,27). The van der Waals surface area contributed by atoms with E-state index < -0.39 is 29.9 Å². The van der Waals surface area contributed by atoms with Gasteiger partial charge in [0.15, 0.2) is 5.65 Å². The van der Waals surface area contributed by atoms with Crippen molar-refractivity contribution in [3.05, 3.63) is 81.1 Å². The number of phenols is 1. The number of aromatic nitrogens is 4. The van der Waals surface area contributed by atoms with Crippen LogP contribution in [0.2, 0.25) is 0 Å². The number of nitrogens with one attached hydrogen (secondary N) is 1. The van der Waals surface area contributed by atoms with Gasteiger partial charge in [-0.05, 0) is 43.3 Å². The van der Waals surface area contributed by atoms with Crippen LogP contribution in [0.5, 0.6) is 5.75 Å². The lowest BCUT2D eigenvalue weighted by Gasteiger charge is -2.15. The molecule has 0 radical (unpaired) electrons. The molecule has 2 heterocycles. The molecule has 0 saturated carbocycles. The van der Waals surface area contributed by atoms with Gasteiger partial charge in [-0.15, -0.1) is 0 Å².